The van der Waals surface area contributed by atoms with E-state index in [0.29, 0.717) is 12.0 Å². The van der Waals surface area contributed by atoms with Gasteiger partial charge in [-0.25, -0.2) is 0 Å². The lowest BCUT2D eigenvalue weighted by molar-refractivity contribution is 0.233. The van der Waals surface area contributed by atoms with Crippen LogP contribution in [0.1, 0.15) is 57.4 Å². The number of nitrogens with one attached hydrogen (secondary N) is 1. The maximum Gasteiger partial charge on any atom is 0.0936 e. The zero-order valence-corrected chi connectivity index (χ0v) is 14.1. The highest BCUT2D eigenvalue weighted by Gasteiger charge is 2.41. The third-order valence-corrected chi connectivity index (χ3v) is 5.63. The molecule has 0 amide bonds. The molecule has 0 aromatic heterocycles. The van der Waals surface area contributed by atoms with Crippen LogP contribution < -0.4 is 5.32 Å². The second-order valence-electron chi connectivity index (χ2n) is 7.07. The van der Waals surface area contributed by atoms with Gasteiger partial charge in [-0.3, -0.25) is 4.99 Å². The van der Waals surface area contributed by atoms with E-state index in [1.165, 1.54) is 37.7 Å². The number of benzene rings is 1. The quantitative estimate of drug-likeness (QED) is 0.886. The van der Waals surface area contributed by atoms with E-state index in [4.69, 9.17) is 0 Å². The molecular weight excluding hydrogens is 282 g/mol. The molecular formula is C20H27N3. The van der Waals surface area contributed by atoms with Gasteiger partial charge in [0.2, 0.25) is 0 Å². The minimum atomic E-state index is -0.340. The van der Waals surface area contributed by atoms with Crippen LogP contribution in [0.2, 0.25) is 0 Å². The monoisotopic (exact) mass is 309 g/mol. The predicted octanol–water partition coefficient (Wildman–Crippen LogP) is 4.20. The van der Waals surface area contributed by atoms with Crippen LogP contribution in [0.3, 0.4) is 0 Å². The summed E-state index contributed by atoms with van der Waals surface area (Å²) >= 11 is 0. The molecule has 1 N–H and O–H groups in total. The zero-order chi connectivity index (χ0) is 16.1. The standard InChI is InChI=1S/C20H27N3/c1-16-22-14-19(23-16)12-13-20(15-21,17-8-4-2-5-9-17)18-10-6-3-7-11-18/h2,4-5,8-9,18-19H,3,6-7,10-14H2,1H3,(H,22,23). The molecule has 1 aliphatic heterocycles. The Labute approximate surface area is 139 Å². The average Bonchev–Trinajstić information content (AvgIpc) is 3.03. The maximum absolute atomic E-state index is 10.2. The molecule has 23 heavy (non-hydrogen) atoms. The van der Waals surface area contributed by atoms with E-state index >= 15 is 0 Å². The number of hydrogen-bond acceptors (Lipinski definition) is 3. The number of hydrogen-bond donors (Lipinski definition) is 1. The van der Waals surface area contributed by atoms with Gasteiger partial charge in [0.1, 0.15) is 0 Å². The summed E-state index contributed by atoms with van der Waals surface area (Å²) in [7, 11) is 0. The van der Waals surface area contributed by atoms with E-state index < -0.39 is 0 Å². The summed E-state index contributed by atoms with van der Waals surface area (Å²) in [5, 5.41) is 13.5. The average molecular weight is 309 g/mol. The summed E-state index contributed by atoms with van der Waals surface area (Å²) in [5.74, 6) is 1.53. The minimum Gasteiger partial charge on any atom is -0.372 e. The van der Waals surface area contributed by atoms with Gasteiger partial charge >= 0.3 is 0 Å². The number of rotatable bonds is 5. The third-order valence-electron chi connectivity index (χ3n) is 5.63. The lowest BCUT2D eigenvalue weighted by atomic mass is 9.63. The Hall–Kier alpha value is -1.82. The van der Waals surface area contributed by atoms with E-state index in [-0.39, 0.29) is 5.41 Å². The molecule has 1 aromatic carbocycles. The molecule has 1 saturated carbocycles. The Bertz CT molecular complexity index is 581. The lowest BCUT2D eigenvalue weighted by Crippen LogP contribution is -2.36. The predicted molar refractivity (Wildman–Crippen MR) is 94.4 cm³/mol. The van der Waals surface area contributed by atoms with Crippen LogP contribution in [0, 0.1) is 17.2 Å². The van der Waals surface area contributed by atoms with E-state index in [1.54, 1.807) is 0 Å². The van der Waals surface area contributed by atoms with E-state index in [0.717, 1.165) is 25.2 Å². The summed E-state index contributed by atoms with van der Waals surface area (Å²) in [4.78, 5) is 4.66. The van der Waals surface area contributed by atoms with Gasteiger partial charge in [0.25, 0.3) is 0 Å². The second kappa shape index (κ2) is 7.17. The first kappa shape index (κ1) is 16.1. The van der Waals surface area contributed by atoms with E-state index in [1.807, 2.05) is 13.0 Å². The number of aliphatic imine (C=N–C) groups is 1. The van der Waals surface area contributed by atoms with E-state index in [2.05, 4.69) is 40.6 Å². The highest BCUT2D eigenvalue weighted by molar-refractivity contribution is 5.81. The molecule has 122 valence electrons. The molecule has 2 atom stereocenters. The Morgan fingerprint density at radius 3 is 2.57 bits per heavy atom. The SMILES string of the molecule is CC1=NC(CCC(C#N)(c2ccccc2)C2CCCCC2)CN1. The van der Waals surface area contributed by atoms with Gasteiger partial charge in [0.05, 0.1) is 23.4 Å². The molecule has 3 nitrogen and oxygen atoms in total. The van der Waals surface area contributed by atoms with Gasteiger partial charge in [-0.05, 0) is 44.1 Å². The van der Waals surface area contributed by atoms with Crippen LogP contribution in [-0.4, -0.2) is 18.4 Å². The van der Waals surface area contributed by atoms with Gasteiger partial charge in [-0.15, -0.1) is 0 Å². The van der Waals surface area contributed by atoms with Crippen molar-refractivity contribution in [3.8, 4) is 6.07 Å². The molecule has 1 aliphatic carbocycles. The molecule has 2 aliphatic rings. The fraction of sp³-hybridized carbons (Fsp3) is 0.600. The summed E-state index contributed by atoms with van der Waals surface area (Å²) < 4.78 is 0. The van der Waals surface area contributed by atoms with Crippen molar-refractivity contribution < 1.29 is 0 Å². The van der Waals surface area contributed by atoms with Crippen molar-refractivity contribution in [1.82, 2.24) is 5.32 Å². The highest BCUT2D eigenvalue weighted by atomic mass is 15.1. The normalized spacial score (nSPS) is 24.3. The van der Waals surface area contributed by atoms with Crippen molar-refractivity contribution in [2.45, 2.75) is 63.3 Å². The van der Waals surface area contributed by atoms with Crippen LogP contribution in [0.5, 0.6) is 0 Å². The molecule has 0 bridgehead atoms. The van der Waals surface area contributed by atoms with Crippen LogP contribution in [-0.2, 0) is 5.41 Å². The molecule has 2 unspecified atom stereocenters. The lowest BCUT2D eigenvalue weighted by Gasteiger charge is -2.38. The van der Waals surface area contributed by atoms with E-state index in [9.17, 15) is 5.26 Å². The number of amidine groups is 1. The Morgan fingerprint density at radius 2 is 1.96 bits per heavy atom. The van der Waals surface area contributed by atoms with Crippen LogP contribution in [0.4, 0.5) is 0 Å². The maximum atomic E-state index is 10.2. The summed E-state index contributed by atoms with van der Waals surface area (Å²) in [5.41, 5.74) is 0.870. The van der Waals surface area contributed by atoms with Crippen molar-refractivity contribution in [1.29, 1.82) is 5.26 Å². The van der Waals surface area contributed by atoms with Crippen molar-refractivity contribution in [2.24, 2.45) is 10.9 Å². The fourth-order valence-corrected chi connectivity index (χ4v) is 4.32. The van der Waals surface area contributed by atoms with Gasteiger partial charge in [0.15, 0.2) is 0 Å². The second-order valence-corrected chi connectivity index (χ2v) is 7.07. The van der Waals surface area contributed by atoms with Gasteiger partial charge in [0, 0.05) is 6.54 Å². The zero-order valence-electron chi connectivity index (χ0n) is 14.1. The molecule has 3 heteroatoms. The minimum absolute atomic E-state index is 0.329. The topological polar surface area (TPSA) is 48.2 Å². The molecule has 1 heterocycles. The van der Waals surface area contributed by atoms with Gasteiger partial charge in [-0.1, -0.05) is 49.6 Å². The molecule has 3 rings (SSSR count). The van der Waals surface area contributed by atoms with Gasteiger partial charge in [-0.2, -0.15) is 5.26 Å². The first-order chi connectivity index (χ1) is 11.2. The summed E-state index contributed by atoms with van der Waals surface area (Å²) in [6.07, 6.45) is 8.14. The summed E-state index contributed by atoms with van der Waals surface area (Å²) in [6.45, 7) is 2.95. The first-order valence-corrected chi connectivity index (χ1v) is 8.99. The number of nitrogens with zero attached hydrogens (tertiary/aromatic N) is 2. The van der Waals surface area contributed by atoms with Crippen LogP contribution >= 0.6 is 0 Å². The van der Waals surface area contributed by atoms with Crippen LogP contribution in [0.15, 0.2) is 35.3 Å². The number of nitriles is 1. The third kappa shape index (κ3) is 3.42. The van der Waals surface area contributed by atoms with Crippen molar-refractivity contribution >= 4 is 5.84 Å². The molecule has 0 saturated heterocycles. The Kier molecular flexibility index (Phi) is 5.00. The smallest absolute Gasteiger partial charge is 0.0936 e. The molecule has 0 radical (unpaired) electrons. The first-order valence-electron chi connectivity index (χ1n) is 8.99. The largest absolute Gasteiger partial charge is 0.372 e. The highest BCUT2D eigenvalue weighted by Crippen LogP contribution is 2.44. The Balaban J connectivity index is 1.84. The van der Waals surface area contributed by atoms with Crippen molar-refractivity contribution in [3.63, 3.8) is 0 Å². The molecule has 0 spiro atoms. The van der Waals surface area contributed by atoms with Crippen molar-refractivity contribution in [3.05, 3.63) is 35.9 Å². The van der Waals surface area contributed by atoms with Crippen molar-refractivity contribution in [2.75, 3.05) is 6.54 Å². The van der Waals surface area contributed by atoms with Gasteiger partial charge < -0.3 is 5.32 Å². The van der Waals surface area contributed by atoms with Crippen LogP contribution in [0.25, 0.3) is 0 Å². The Morgan fingerprint density at radius 1 is 1.22 bits per heavy atom. The molecule has 1 aromatic rings. The molecule has 1 fully saturated rings. The summed E-state index contributed by atoms with van der Waals surface area (Å²) in [6, 6.07) is 13.6. The fourth-order valence-electron chi connectivity index (χ4n) is 4.32.